The fourth-order valence-electron chi connectivity index (χ4n) is 0.698. The Hall–Kier alpha value is -1.73. The molecule has 0 fully saturated rings. The molecule has 0 saturated heterocycles. The molecule has 70 valence electrons. The SMILES string of the molecule is NN(CO)C(=O)c1c[n+]([O-])ccn1. The molecule has 0 aliphatic rings. The van der Waals surface area contributed by atoms with Crippen LogP contribution in [-0.4, -0.2) is 27.7 Å². The molecule has 1 amide bonds. The summed E-state index contributed by atoms with van der Waals surface area (Å²) in [5, 5.41) is 19.8. The summed E-state index contributed by atoms with van der Waals surface area (Å²) in [7, 11) is 0. The summed E-state index contributed by atoms with van der Waals surface area (Å²) in [5.74, 6) is 4.37. The number of carbonyl (C=O) groups excluding carboxylic acids is 1. The van der Waals surface area contributed by atoms with E-state index in [1.54, 1.807) is 0 Å². The van der Waals surface area contributed by atoms with Crippen molar-refractivity contribution in [3.8, 4) is 0 Å². The van der Waals surface area contributed by atoms with E-state index in [9.17, 15) is 10.0 Å². The van der Waals surface area contributed by atoms with Gasteiger partial charge in [0, 0.05) is 0 Å². The van der Waals surface area contributed by atoms with Crippen LogP contribution in [0.4, 0.5) is 0 Å². The average Bonchev–Trinajstić information content (AvgIpc) is 2.15. The number of aliphatic hydroxyl groups excluding tert-OH is 1. The third-order valence-corrected chi connectivity index (χ3v) is 1.31. The van der Waals surface area contributed by atoms with Crippen LogP contribution in [0.25, 0.3) is 0 Å². The number of carbonyl (C=O) groups is 1. The van der Waals surface area contributed by atoms with Crippen LogP contribution in [0.2, 0.25) is 0 Å². The largest absolute Gasteiger partial charge is 0.619 e. The molecule has 0 aliphatic heterocycles. The molecule has 1 heterocycles. The van der Waals surface area contributed by atoms with Crippen LogP contribution in [0.3, 0.4) is 0 Å². The van der Waals surface area contributed by atoms with Gasteiger partial charge in [-0.25, -0.2) is 15.8 Å². The molecule has 7 heteroatoms. The lowest BCUT2D eigenvalue weighted by Crippen LogP contribution is -2.40. The number of aromatic nitrogens is 2. The summed E-state index contributed by atoms with van der Waals surface area (Å²) < 4.78 is 0.422. The number of hydrazine groups is 1. The van der Waals surface area contributed by atoms with Crippen molar-refractivity contribution in [2.75, 3.05) is 6.73 Å². The number of hydrogen-bond donors (Lipinski definition) is 2. The van der Waals surface area contributed by atoms with E-state index in [1.807, 2.05) is 0 Å². The number of rotatable bonds is 2. The van der Waals surface area contributed by atoms with E-state index in [4.69, 9.17) is 10.9 Å². The highest BCUT2D eigenvalue weighted by Gasteiger charge is 2.15. The maximum atomic E-state index is 11.2. The van der Waals surface area contributed by atoms with E-state index in [-0.39, 0.29) is 5.69 Å². The second-order valence-corrected chi connectivity index (χ2v) is 2.22. The van der Waals surface area contributed by atoms with E-state index in [0.717, 1.165) is 12.4 Å². The van der Waals surface area contributed by atoms with E-state index in [2.05, 4.69) is 4.98 Å². The molecule has 0 aromatic carbocycles. The zero-order chi connectivity index (χ0) is 9.84. The average molecular weight is 184 g/mol. The Bertz CT molecular complexity index is 317. The van der Waals surface area contributed by atoms with Gasteiger partial charge in [0.15, 0.2) is 11.9 Å². The van der Waals surface area contributed by atoms with Crippen molar-refractivity contribution in [1.82, 2.24) is 9.99 Å². The number of amides is 1. The van der Waals surface area contributed by atoms with Crippen LogP contribution >= 0.6 is 0 Å². The quantitative estimate of drug-likeness (QED) is 0.138. The molecule has 0 bridgehead atoms. The summed E-state index contributed by atoms with van der Waals surface area (Å²) >= 11 is 0. The van der Waals surface area contributed by atoms with Crippen molar-refractivity contribution < 1.29 is 14.6 Å². The van der Waals surface area contributed by atoms with Crippen molar-refractivity contribution in [2.24, 2.45) is 5.84 Å². The van der Waals surface area contributed by atoms with Crippen LogP contribution in [0.5, 0.6) is 0 Å². The van der Waals surface area contributed by atoms with Gasteiger partial charge >= 0.3 is 0 Å². The summed E-state index contributed by atoms with van der Waals surface area (Å²) in [5.41, 5.74) is -0.117. The number of nitrogens with two attached hydrogens (primary N) is 1. The van der Waals surface area contributed by atoms with Gasteiger partial charge in [-0.2, -0.15) is 4.73 Å². The molecule has 0 unspecified atom stereocenters. The van der Waals surface area contributed by atoms with Crippen LogP contribution in [0.1, 0.15) is 10.5 Å². The van der Waals surface area contributed by atoms with Crippen molar-refractivity contribution >= 4 is 5.91 Å². The summed E-state index contributed by atoms with van der Waals surface area (Å²) in [6.45, 7) is -0.631. The molecular formula is C6H8N4O3. The van der Waals surface area contributed by atoms with Gasteiger partial charge in [-0.15, -0.1) is 0 Å². The molecule has 0 radical (unpaired) electrons. The van der Waals surface area contributed by atoms with E-state index < -0.39 is 12.6 Å². The van der Waals surface area contributed by atoms with Crippen molar-refractivity contribution in [2.45, 2.75) is 0 Å². The Morgan fingerprint density at radius 3 is 3.08 bits per heavy atom. The fraction of sp³-hybridized carbons (Fsp3) is 0.167. The molecule has 1 aromatic heterocycles. The topological polar surface area (TPSA) is 106 Å². The molecular weight excluding hydrogens is 176 g/mol. The first kappa shape index (κ1) is 9.36. The van der Waals surface area contributed by atoms with Gasteiger partial charge in [-0.1, -0.05) is 0 Å². The van der Waals surface area contributed by atoms with Crippen LogP contribution in [0, 0.1) is 5.21 Å². The monoisotopic (exact) mass is 184 g/mol. The molecule has 1 aromatic rings. The zero-order valence-corrected chi connectivity index (χ0v) is 6.62. The highest BCUT2D eigenvalue weighted by molar-refractivity contribution is 5.91. The zero-order valence-electron chi connectivity index (χ0n) is 6.62. The Morgan fingerprint density at radius 2 is 2.54 bits per heavy atom. The Balaban J connectivity index is 2.89. The minimum Gasteiger partial charge on any atom is -0.619 e. The minimum absolute atomic E-state index is 0.117. The predicted octanol–water partition coefficient (Wildman–Crippen LogP) is -2.02. The highest BCUT2D eigenvalue weighted by Crippen LogP contribution is 1.92. The number of hydrogen-bond acceptors (Lipinski definition) is 5. The van der Waals surface area contributed by atoms with Crippen molar-refractivity contribution in [3.05, 3.63) is 29.5 Å². The maximum absolute atomic E-state index is 11.2. The molecule has 7 nitrogen and oxygen atoms in total. The Morgan fingerprint density at radius 1 is 1.85 bits per heavy atom. The predicted molar refractivity (Wildman–Crippen MR) is 40.6 cm³/mol. The van der Waals surface area contributed by atoms with E-state index >= 15 is 0 Å². The van der Waals surface area contributed by atoms with Gasteiger partial charge in [0.05, 0.1) is 6.20 Å². The van der Waals surface area contributed by atoms with Crippen molar-refractivity contribution in [1.29, 1.82) is 0 Å². The lowest BCUT2D eigenvalue weighted by Gasteiger charge is -2.10. The fourth-order valence-corrected chi connectivity index (χ4v) is 0.698. The molecule has 0 aliphatic carbocycles. The number of aliphatic hydroxyl groups is 1. The lowest BCUT2D eigenvalue weighted by molar-refractivity contribution is -0.606. The van der Waals surface area contributed by atoms with Crippen LogP contribution in [0.15, 0.2) is 18.6 Å². The molecule has 0 atom stereocenters. The van der Waals surface area contributed by atoms with Gasteiger partial charge < -0.3 is 10.3 Å². The summed E-state index contributed by atoms with van der Waals surface area (Å²) in [6.07, 6.45) is 3.28. The normalized spacial score (nSPS) is 9.69. The smallest absolute Gasteiger partial charge is 0.294 e. The van der Waals surface area contributed by atoms with Gasteiger partial charge in [0.1, 0.15) is 6.73 Å². The standard InChI is InChI=1S/C6H8N4O3/c7-10(4-11)6(12)5-3-9(13)2-1-8-5/h1-3,11H,4,7H2. The van der Waals surface area contributed by atoms with Gasteiger partial charge in [-0.05, 0) is 0 Å². The number of nitrogens with zero attached hydrogens (tertiary/aromatic N) is 3. The maximum Gasteiger partial charge on any atom is 0.294 e. The highest BCUT2D eigenvalue weighted by atomic mass is 16.5. The first-order chi connectivity index (χ1) is 6.15. The first-order valence-electron chi connectivity index (χ1n) is 3.37. The lowest BCUT2D eigenvalue weighted by atomic mass is 10.4. The summed E-state index contributed by atoms with van der Waals surface area (Å²) in [6, 6.07) is 0. The van der Waals surface area contributed by atoms with Gasteiger partial charge in [0.2, 0.25) is 6.20 Å². The first-order valence-corrected chi connectivity index (χ1v) is 3.37. The third kappa shape index (κ3) is 2.10. The molecule has 0 spiro atoms. The second-order valence-electron chi connectivity index (χ2n) is 2.22. The van der Waals surface area contributed by atoms with Gasteiger partial charge in [-0.3, -0.25) is 4.79 Å². The van der Waals surface area contributed by atoms with Crippen molar-refractivity contribution in [3.63, 3.8) is 0 Å². The van der Waals surface area contributed by atoms with Gasteiger partial charge in [0.25, 0.3) is 5.91 Å². The third-order valence-electron chi connectivity index (χ3n) is 1.31. The molecule has 1 rings (SSSR count). The second kappa shape index (κ2) is 3.78. The van der Waals surface area contributed by atoms with E-state index in [0.29, 0.717) is 9.74 Å². The van der Waals surface area contributed by atoms with Crippen LogP contribution < -0.4 is 10.6 Å². The van der Waals surface area contributed by atoms with E-state index in [1.165, 1.54) is 6.20 Å². The molecule has 3 N–H and O–H groups in total. The molecule has 0 saturated carbocycles. The van der Waals surface area contributed by atoms with Crippen LogP contribution in [-0.2, 0) is 0 Å². The summed E-state index contributed by atoms with van der Waals surface area (Å²) in [4.78, 5) is 14.8. The minimum atomic E-state index is -0.715. The Kier molecular flexibility index (Phi) is 2.72. The molecule has 13 heavy (non-hydrogen) atoms. The Labute approximate surface area is 73.6 Å².